The Balaban J connectivity index is 1.94. The van der Waals surface area contributed by atoms with Crippen LogP contribution in [0.25, 0.3) is 0 Å². The molecule has 4 heteroatoms. The lowest BCUT2D eigenvalue weighted by atomic mass is 10.2. The normalized spacial score (nSPS) is 20.3. The molecule has 18 heavy (non-hydrogen) atoms. The molecule has 0 amide bonds. The van der Waals surface area contributed by atoms with E-state index in [-0.39, 0.29) is 6.67 Å². The third-order valence-corrected chi connectivity index (χ3v) is 3.29. The molecule has 106 valence electrons. The molecule has 1 aliphatic heterocycles. The van der Waals surface area contributed by atoms with Crippen LogP contribution in [0.1, 0.15) is 39.0 Å². The van der Waals surface area contributed by atoms with Gasteiger partial charge in [0.1, 0.15) is 6.67 Å². The van der Waals surface area contributed by atoms with E-state index in [1.54, 1.807) is 6.08 Å². The van der Waals surface area contributed by atoms with Crippen LogP contribution in [-0.4, -0.2) is 38.9 Å². The lowest BCUT2D eigenvalue weighted by Crippen LogP contribution is -2.32. The van der Waals surface area contributed by atoms with Gasteiger partial charge >= 0.3 is 0 Å². The highest BCUT2D eigenvalue weighted by Crippen LogP contribution is 2.02. The topological polar surface area (TPSA) is 36.1 Å². The Kier molecular flexibility index (Phi) is 8.86. The van der Waals surface area contributed by atoms with Gasteiger partial charge in [-0.3, -0.25) is 0 Å². The Labute approximate surface area is 111 Å². The van der Waals surface area contributed by atoms with Gasteiger partial charge in [-0.05, 0) is 44.8 Å². The molecule has 0 saturated carbocycles. The summed E-state index contributed by atoms with van der Waals surface area (Å²) in [5, 5.41) is 10.2. The first kappa shape index (κ1) is 15.4. The number of allylic oxidation sites excluding steroid dienone is 2. The van der Waals surface area contributed by atoms with E-state index in [1.165, 1.54) is 12.8 Å². The molecule has 0 spiro atoms. The molecule has 0 radical (unpaired) electrons. The Bertz CT molecular complexity index is 225. The van der Waals surface area contributed by atoms with Crippen molar-refractivity contribution >= 4 is 0 Å². The predicted octanol–water partition coefficient (Wildman–Crippen LogP) is 1.96. The first-order valence-electron chi connectivity index (χ1n) is 7.29. The molecule has 0 aromatic rings. The zero-order valence-corrected chi connectivity index (χ0v) is 11.6. The van der Waals surface area contributed by atoms with Crippen molar-refractivity contribution in [3.05, 3.63) is 11.8 Å². The summed E-state index contributed by atoms with van der Waals surface area (Å²) in [5.74, 6) is 0. The van der Waals surface area contributed by atoms with Gasteiger partial charge in [-0.1, -0.05) is 13.3 Å². The largest absolute Gasteiger partial charge is 0.389 e. The summed E-state index contributed by atoms with van der Waals surface area (Å²) in [6, 6.07) is 0.667. The lowest BCUT2D eigenvalue weighted by Gasteiger charge is -2.12. The molecule has 3 N–H and O–H groups in total. The van der Waals surface area contributed by atoms with Crippen LogP contribution in [0.3, 0.4) is 0 Å². The molecule has 0 aromatic carbocycles. The fourth-order valence-corrected chi connectivity index (χ4v) is 2.26. The molecule has 0 unspecified atom stereocenters. The van der Waals surface area contributed by atoms with E-state index in [4.69, 9.17) is 0 Å². The Morgan fingerprint density at radius 3 is 2.89 bits per heavy atom. The van der Waals surface area contributed by atoms with Gasteiger partial charge in [0.2, 0.25) is 0 Å². The van der Waals surface area contributed by atoms with Crippen molar-refractivity contribution in [3.8, 4) is 0 Å². The van der Waals surface area contributed by atoms with Gasteiger partial charge in [0, 0.05) is 24.8 Å². The number of halogens is 1. The Morgan fingerprint density at radius 2 is 2.22 bits per heavy atom. The highest BCUT2D eigenvalue weighted by molar-refractivity contribution is 4.99. The first-order chi connectivity index (χ1) is 8.86. The fourth-order valence-electron chi connectivity index (χ4n) is 2.26. The first-order valence-corrected chi connectivity index (χ1v) is 7.29. The van der Waals surface area contributed by atoms with Crippen LogP contribution >= 0.6 is 0 Å². The van der Waals surface area contributed by atoms with Crippen LogP contribution in [0.5, 0.6) is 0 Å². The number of hydrogen-bond donors (Lipinski definition) is 3. The second-order valence-corrected chi connectivity index (χ2v) is 4.91. The average Bonchev–Trinajstić information content (AvgIpc) is 2.87. The van der Waals surface area contributed by atoms with Crippen molar-refractivity contribution in [3.63, 3.8) is 0 Å². The summed E-state index contributed by atoms with van der Waals surface area (Å²) in [6.07, 6.45) is 7.24. The van der Waals surface area contributed by atoms with Crippen LogP contribution < -0.4 is 16.0 Å². The second kappa shape index (κ2) is 10.3. The van der Waals surface area contributed by atoms with E-state index in [0.717, 1.165) is 51.1 Å². The quantitative estimate of drug-likeness (QED) is 0.524. The monoisotopic (exact) mass is 257 g/mol. The van der Waals surface area contributed by atoms with Crippen LogP contribution in [0.4, 0.5) is 4.39 Å². The third kappa shape index (κ3) is 6.97. The van der Waals surface area contributed by atoms with Crippen LogP contribution in [0.15, 0.2) is 11.8 Å². The van der Waals surface area contributed by atoms with Crippen molar-refractivity contribution in [2.24, 2.45) is 0 Å². The average molecular weight is 257 g/mol. The molecule has 1 rings (SSSR count). The molecule has 0 bridgehead atoms. The van der Waals surface area contributed by atoms with E-state index in [2.05, 4.69) is 22.9 Å². The molecule has 1 fully saturated rings. The van der Waals surface area contributed by atoms with E-state index < -0.39 is 0 Å². The van der Waals surface area contributed by atoms with Crippen LogP contribution in [0.2, 0.25) is 0 Å². The van der Waals surface area contributed by atoms with Gasteiger partial charge in [0.25, 0.3) is 0 Å². The highest BCUT2D eigenvalue weighted by Gasteiger charge is 2.12. The molecule has 1 aliphatic rings. The van der Waals surface area contributed by atoms with Crippen LogP contribution in [0, 0.1) is 0 Å². The van der Waals surface area contributed by atoms with Gasteiger partial charge in [-0.25, -0.2) is 4.39 Å². The molecule has 1 heterocycles. The summed E-state index contributed by atoms with van der Waals surface area (Å²) in [4.78, 5) is 0. The van der Waals surface area contributed by atoms with Crippen LogP contribution in [-0.2, 0) is 0 Å². The maximum atomic E-state index is 12.2. The number of unbranched alkanes of at least 4 members (excludes halogenated alkanes) is 1. The smallest absolute Gasteiger partial charge is 0.110 e. The van der Waals surface area contributed by atoms with Crippen molar-refractivity contribution in [1.29, 1.82) is 0 Å². The SMILES string of the molecule is CCC/C(=C\CF)NCCCCN[C@H]1CCNC1. The zero-order chi connectivity index (χ0) is 13.1. The Hall–Kier alpha value is -0.610. The minimum Gasteiger partial charge on any atom is -0.389 e. The standard InChI is InChI=1S/C14H28FN3/c1-2-5-13(6-8-15)17-9-3-4-10-18-14-7-11-16-12-14/h6,14,16-18H,2-5,7-12H2,1H3/b13-6+/t14-/m0/s1. The molecule has 0 aromatic heterocycles. The minimum atomic E-state index is -0.363. The fraction of sp³-hybridized carbons (Fsp3) is 0.857. The van der Waals surface area contributed by atoms with Crippen molar-refractivity contribution < 1.29 is 4.39 Å². The van der Waals surface area contributed by atoms with Gasteiger partial charge in [0.15, 0.2) is 0 Å². The van der Waals surface area contributed by atoms with E-state index in [1.807, 2.05) is 0 Å². The molecular weight excluding hydrogens is 229 g/mol. The van der Waals surface area contributed by atoms with Gasteiger partial charge in [0.05, 0.1) is 0 Å². The molecule has 3 nitrogen and oxygen atoms in total. The van der Waals surface area contributed by atoms with Gasteiger partial charge < -0.3 is 16.0 Å². The summed E-state index contributed by atoms with van der Waals surface area (Å²) >= 11 is 0. The summed E-state index contributed by atoms with van der Waals surface area (Å²) in [7, 11) is 0. The maximum Gasteiger partial charge on any atom is 0.110 e. The lowest BCUT2D eigenvalue weighted by molar-refractivity contribution is 0.519. The molecular formula is C14H28FN3. The zero-order valence-electron chi connectivity index (χ0n) is 11.6. The third-order valence-electron chi connectivity index (χ3n) is 3.29. The second-order valence-electron chi connectivity index (χ2n) is 4.91. The van der Waals surface area contributed by atoms with Crippen molar-refractivity contribution in [2.45, 2.75) is 45.1 Å². The predicted molar refractivity (Wildman–Crippen MR) is 75.5 cm³/mol. The minimum absolute atomic E-state index is 0.363. The van der Waals surface area contributed by atoms with E-state index >= 15 is 0 Å². The summed E-state index contributed by atoms with van der Waals surface area (Å²) in [5.41, 5.74) is 1.06. The Morgan fingerprint density at radius 1 is 1.39 bits per heavy atom. The van der Waals surface area contributed by atoms with Crippen molar-refractivity contribution in [2.75, 3.05) is 32.9 Å². The molecule has 0 aliphatic carbocycles. The number of hydrogen-bond acceptors (Lipinski definition) is 3. The van der Waals surface area contributed by atoms with Gasteiger partial charge in [-0.2, -0.15) is 0 Å². The highest BCUT2D eigenvalue weighted by atomic mass is 19.1. The maximum absolute atomic E-state index is 12.2. The van der Waals surface area contributed by atoms with Crippen molar-refractivity contribution in [1.82, 2.24) is 16.0 Å². The summed E-state index contributed by atoms with van der Waals surface area (Å²) in [6.45, 7) is 6.05. The van der Waals surface area contributed by atoms with Gasteiger partial charge in [-0.15, -0.1) is 0 Å². The molecule has 1 saturated heterocycles. The molecule has 1 atom stereocenters. The summed E-state index contributed by atoms with van der Waals surface area (Å²) < 4.78 is 12.2. The number of rotatable bonds is 10. The van der Waals surface area contributed by atoms with E-state index in [9.17, 15) is 4.39 Å². The number of nitrogens with one attached hydrogen (secondary N) is 3. The number of alkyl halides is 1. The van der Waals surface area contributed by atoms with E-state index in [0.29, 0.717) is 6.04 Å².